The molecule has 4 rings (SSSR count). The van der Waals surface area contributed by atoms with Crippen LogP contribution in [0, 0.1) is 11.8 Å². The fraction of sp³-hybridized carbons (Fsp3) is 0.621. The van der Waals surface area contributed by atoms with E-state index in [4.69, 9.17) is 9.47 Å². The number of ketones is 1. The number of unbranched alkanes of at least 4 members (excludes halogenated alkanes) is 1. The average Bonchev–Trinajstić information content (AvgIpc) is 3.41. The summed E-state index contributed by atoms with van der Waals surface area (Å²) in [7, 11) is 1.67. The molecule has 3 heterocycles. The lowest BCUT2D eigenvalue weighted by atomic mass is 9.89. The van der Waals surface area contributed by atoms with Gasteiger partial charge in [0.05, 0.1) is 36.6 Å². The van der Waals surface area contributed by atoms with Gasteiger partial charge in [0.2, 0.25) is 11.7 Å². The van der Waals surface area contributed by atoms with Crippen molar-refractivity contribution in [2.45, 2.75) is 51.6 Å². The Hall–Kier alpha value is -3.35. The van der Waals surface area contributed by atoms with Gasteiger partial charge in [0.15, 0.2) is 5.69 Å². The molecule has 1 aromatic carbocycles. The minimum atomic E-state index is -1.08. The number of likely N-dealkylation sites (tertiary alicyclic amines) is 1. The number of methoxy groups -OCH3 is 1. The maximum Gasteiger partial charge on any atom is 0.407 e. The van der Waals surface area contributed by atoms with Gasteiger partial charge in [0.1, 0.15) is 0 Å². The van der Waals surface area contributed by atoms with Crippen LogP contribution in [0.5, 0.6) is 0 Å². The van der Waals surface area contributed by atoms with Gasteiger partial charge in [-0.3, -0.25) is 9.59 Å². The Kier molecular flexibility index (Phi) is 10.8. The number of carbonyl (C=O) groups is 3. The number of Topliss-reactive ketones (excluding diaryl/α,β-unsaturated/α-hetero) is 1. The highest BCUT2D eigenvalue weighted by atomic mass is 16.5. The van der Waals surface area contributed by atoms with E-state index in [1.54, 1.807) is 16.7 Å². The Bertz CT molecular complexity index is 1170. The van der Waals surface area contributed by atoms with Crippen LogP contribution < -0.4 is 5.32 Å². The summed E-state index contributed by atoms with van der Waals surface area (Å²) in [6.07, 6.45) is 1.60. The van der Waals surface area contributed by atoms with E-state index in [-0.39, 0.29) is 36.7 Å². The Labute approximate surface area is 241 Å². The van der Waals surface area contributed by atoms with Crippen LogP contribution >= 0.6 is 0 Å². The van der Waals surface area contributed by atoms with Crippen molar-refractivity contribution in [2.75, 3.05) is 53.1 Å². The number of para-hydroxylation sites is 1. The van der Waals surface area contributed by atoms with Crippen LogP contribution in [0.25, 0.3) is 5.69 Å². The summed E-state index contributed by atoms with van der Waals surface area (Å²) in [5.74, 6) is -0.858. The van der Waals surface area contributed by atoms with E-state index < -0.39 is 18.1 Å². The number of hydrogen-bond acceptors (Lipinski definition) is 8. The third kappa shape index (κ3) is 7.69. The van der Waals surface area contributed by atoms with E-state index in [9.17, 15) is 19.5 Å². The van der Waals surface area contributed by atoms with Gasteiger partial charge < -0.3 is 29.7 Å². The molecular formula is C29H42N6O6. The van der Waals surface area contributed by atoms with Crippen LogP contribution in [0.3, 0.4) is 0 Å². The van der Waals surface area contributed by atoms with Crippen molar-refractivity contribution in [1.82, 2.24) is 30.1 Å². The molecule has 2 aromatic rings. The Morgan fingerprint density at radius 3 is 2.49 bits per heavy atom. The van der Waals surface area contributed by atoms with Crippen molar-refractivity contribution in [3.63, 3.8) is 0 Å². The Balaban J connectivity index is 1.56. The first-order valence-electron chi connectivity index (χ1n) is 14.4. The van der Waals surface area contributed by atoms with E-state index in [2.05, 4.69) is 15.6 Å². The molecule has 2 aliphatic heterocycles. The zero-order chi connectivity index (χ0) is 29.4. The molecule has 1 unspecified atom stereocenters. The number of nitrogens with zero attached hydrogens (tertiary/aromatic N) is 5. The largest absolute Gasteiger partial charge is 0.465 e. The number of carbonyl (C=O) groups excluding carboxylic acids is 2. The molecule has 224 valence electrons. The van der Waals surface area contributed by atoms with Crippen LogP contribution in [0.4, 0.5) is 4.79 Å². The van der Waals surface area contributed by atoms with Crippen molar-refractivity contribution < 1.29 is 29.0 Å². The summed E-state index contributed by atoms with van der Waals surface area (Å²) < 4.78 is 12.3. The number of piperidine rings is 1. The van der Waals surface area contributed by atoms with Crippen molar-refractivity contribution in [3.05, 3.63) is 41.7 Å². The van der Waals surface area contributed by atoms with E-state index in [1.165, 1.54) is 4.90 Å². The van der Waals surface area contributed by atoms with Crippen molar-refractivity contribution >= 4 is 17.8 Å². The molecule has 12 heteroatoms. The van der Waals surface area contributed by atoms with Crippen molar-refractivity contribution in [1.29, 1.82) is 0 Å². The molecule has 2 fully saturated rings. The molecule has 1 aromatic heterocycles. The van der Waals surface area contributed by atoms with Crippen molar-refractivity contribution in [2.24, 2.45) is 11.8 Å². The molecule has 0 aliphatic carbocycles. The number of benzene rings is 1. The van der Waals surface area contributed by atoms with Crippen LogP contribution in [0.1, 0.15) is 49.3 Å². The van der Waals surface area contributed by atoms with Crippen LogP contribution in [-0.4, -0.2) is 113 Å². The Morgan fingerprint density at radius 1 is 1.10 bits per heavy atom. The molecular weight excluding hydrogens is 528 g/mol. The second kappa shape index (κ2) is 14.5. The third-order valence-electron chi connectivity index (χ3n) is 7.77. The molecule has 41 heavy (non-hydrogen) atoms. The number of ether oxygens (including phenoxy) is 2. The predicted octanol–water partition coefficient (Wildman–Crippen LogP) is 2.26. The number of nitrogens with one attached hydrogen (secondary N) is 1. The molecule has 3 atom stereocenters. The van der Waals surface area contributed by atoms with E-state index in [0.29, 0.717) is 51.4 Å². The Morgan fingerprint density at radius 2 is 1.83 bits per heavy atom. The van der Waals surface area contributed by atoms with Gasteiger partial charge in [0.25, 0.3) is 0 Å². The van der Waals surface area contributed by atoms with E-state index in [0.717, 1.165) is 24.2 Å². The minimum absolute atomic E-state index is 0.0670. The number of aromatic nitrogens is 3. The van der Waals surface area contributed by atoms with Gasteiger partial charge in [0, 0.05) is 45.9 Å². The second-order valence-corrected chi connectivity index (χ2v) is 11.1. The number of hydrogen-bond donors (Lipinski definition) is 2. The smallest absolute Gasteiger partial charge is 0.407 e. The zero-order valence-corrected chi connectivity index (χ0v) is 24.2. The van der Waals surface area contributed by atoms with Crippen LogP contribution in [-0.2, 0) is 20.7 Å². The summed E-state index contributed by atoms with van der Waals surface area (Å²) in [5, 5.41) is 22.0. The summed E-state index contributed by atoms with van der Waals surface area (Å²) in [5.41, 5.74) is 1.87. The number of morpholine rings is 1. The summed E-state index contributed by atoms with van der Waals surface area (Å²) in [6.45, 7) is 6.80. The molecule has 2 amide bonds. The lowest BCUT2D eigenvalue weighted by Gasteiger charge is -2.40. The molecule has 0 saturated carbocycles. The number of rotatable bonds is 12. The van der Waals surface area contributed by atoms with Crippen LogP contribution in [0.2, 0.25) is 0 Å². The first-order valence-corrected chi connectivity index (χ1v) is 14.4. The maximum atomic E-state index is 14.1. The highest BCUT2D eigenvalue weighted by molar-refractivity contribution is 5.99. The fourth-order valence-corrected chi connectivity index (χ4v) is 5.60. The van der Waals surface area contributed by atoms with Gasteiger partial charge in [-0.25, -0.2) is 9.48 Å². The fourth-order valence-electron chi connectivity index (χ4n) is 5.60. The molecule has 0 radical (unpaired) electrons. The lowest BCUT2D eigenvalue weighted by Crippen LogP contribution is -2.58. The molecule has 0 bridgehead atoms. The standard InChI is InChI=1S/C29H42N6O6/c1-20(2)25(30-22-17-21(18-34(19-22)29(38)39)28(37)33-12-15-41-16-13-33)27(36)26-24(11-7-8-14-40-3)35(32-31-26)23-9-5-4-6-10-23/h4-6,9-10,20-22,25,30H,7-8,11-19H2,1-3H3,(H,38,39)/t21-,22+,25?/m1/s1. The molecule has 12 nitrogen and oxygen atoms in total. The quantitative estimate of drug-likeness (QED) is 0.291. The third-order valence-corrected chi connectivity index (χ3v) is 7.77. The average molecular weight is 571 g/mol. The first kappa shape index (κ1) is 30.6. The van der Waals surface area contributed by atoms with Gasteiger partial charge in [-0.05, 0) is 43.7 Å². The topological polar surface area (TPSA) is 139 Å². The first-order chi connectivity index (χ1) is 19.8. The molecule has 0 spiro atoms. The zero-order valence-electron chi connectivity index (χ0n) is 24.2. The van der Waals surface area contributed by atoms with E-state index in [1.807, 2.05) is 44.2 Å². The normalized spacial score (nSPS) is 20.3. The second-order valence-electron chi connectivity index (χ2n) is 11.1. The summed E-state index contributed by atoms with van der Waals surface area (Å²) >= 11 is 0. The molecule has 2 aliphatic rings. The maximum absolute atomic E-state index is 14.1. The lowest BCUT2D eigenvalue weighted by molar-refractivity contribution is -0.141. The number of amides is 2. The van der Waals surface area contributed by atoms with Gasteiger partial charge in [-0.15, -0.1) is 5.10 Å². The highest BCUT2D eigenvalue weighted by Crippen LogP contribution is 2.24. The van der Waals surface area contributed by atoms with Gasteiger partial charge in [-0.1, -0.05) is 37.3 Å². The SMILES string of the molecule is COCCCCc1c(C(=O)C(N[C@H]2C[C@@H](C(=O)N3CCOCC3)CN(C(=O)O)C2)C(C)C)nnn1-c1ccccc1. The highest BCUT2D eigenvalue weighted by Gasteiger charge is 2.39. The van der Waals surface area contributed by atoms with Gasteiger partial charge in [-0.2, -0.15) is 0 Å². The predicted molar refractivity (Wildman–Crippen MR) is 151 cm³/mol. The van der Waals surface area contributed by atoms with Gasteiger partial charge >= 0.3 is 6.09 Å². The van der Waals surface area contributed by atoms with Crippen LogP contribution in [0.15, 0.2) is 30.3 Å². The minimum Gasteiger partial charge on any atom is -0.465 e. The number of carboxylic acid groups (broad SMARTS) is 1. The molecule has 2 N–H and O–H groups in total. The van der Waals surface area contributed by atoms with Crippen molar-refractivity contribution in [3.8, 4) is 5.69 Å². The molecule has 2 saturated heterocycles. The monoisotopic (exact) mass is 570 g/mol. The summed E-state index contributed by atoms with van der Waals surface area (Å²) in [4.78, 5) is 42.4. The summed E-state index contributed by atoms with van der Waals surface area (Å²) in [6, 6.07) is 8.59. The van der Waals surface area contributed by atoms with E-state index >= 15 is 0 Å².